The van der Waals surface area contributed by atoms with Crippen molar-refractivity contribution in [2.45, 2.75) is 32.7 Å². The zero-order valence-corrected chi connectivity index (χ0v) is 21.5. The zero-order chi connectivity index (χ0) is 26.7. The van der Waals surface area contributed by atoms with Gasteiger partial charge in [0.2, 0.25) is 0 Å². The van der Waals surface area contributed by atoms with Gasteiger partial charge in [-0.15, -0.1) is 0 Å². The third-order valence-corrected chi connectivity index (χ3v) is 6.67. The molecule has 0 radical (unpaired) electrons. The van der Waals surface area contributed by atoms with Gasteiger partial charge in [-0.3, -0.25) is 19.5 Å². The fraction of sp³-hybridized carbons (Fsp3) is 0.320. The van der Waals surface area contributed by atoms with Crippen LogP contribution in [0.4, 0.5) is 5.88 Å². The Morgan fingerprint density at radius 3 is 2.65 bits per heavy atom. The minimum absolute atomic E-state index is 0.144. The quantitative estimate of drug-likeness (QED) is 0.235. The molecule has 0 fully saturated rings. The third-order valence-electron chi connectivity index (χ3n) is 5.69. The van der Waals surface area contributed by atoms with E-state index >= 15 is 0 Å². The standard InChI is InChI=1S/C25H25N3O8S/c1-5-7-17-21(24(30)35-6-2)22(16-12-14(33-3)8-10-18(16)34-4)27-23(29)19(37-25(27)26-17)13-15-9-11-20(36-15)28(31)32/h8-13,22H,5-7H2,1-4H3. The molecule has 0 spiro atoms. The topological polar surface area (TPSA) is 135 Å². The molecule has 0 saturated carbocycles. The van der Waals surface area contributed by atoms with Gasteiger partial charge in [-0.25, -0.2) is 9.79 Å². The first-order valence-corrected chi connectivity index (χ1v) is 12.3. The molecule has 0 saturated heterocycles. The molecule has 1 unspecified atom stereocenters. The van der Waals surface area contributed by atoms with Crippen LogP contribution in [-0.2, 0) is 9.53 Å². The normalized spacial score (nSPS) is 15.2. The molecule has 12 heteroatoms. The van der Waals surface area contributed by atoms with Gasteiger partial charge >= 0.3 is 11.9 Å². The summed E-state index contributed by atoms with van der Waals surface area (Å²) in [5.41, 5.74) is 0.824. The second kappa shape index (κ2) is 10.8. The van der Waals surface area contributed by atoms with Crippen LogP contribution in [0.3, 0.4) is 0 Å². The van der Waals surface area contributed by atoms with Gasteiger partial charge in [0.05, 0.1) is 42.7 Å². The number of nitro groups is 1. The molecular weight excluding hydrogens is 502 g/mol. The fourth-order valence-electron chi connectivity index (χ4n) is 4.12. The van der Waals surface area contributed by atoms with Gasteiger partial charge in [0, 0.05) is 11.6 Å². The third kappa shape index (κ3) is 4.92. The Kier molecular flexibility index (Phi) is 7.58. The molecule has 37 heavy (non-hydrogen) atoms. The van der Waals surface area contributed by atoms with Crippen LogP contribution in [0.15, 0.2) is 55.8 Å². The molecule has 1 aromatic carbocycles. The summed E-state index contributed by atoms with van der Waals surface area (Å²) in [4.78, 5) is 42.4. The van der Waals surface area contributed by atoms with Crippen LogP contribution in [0, 0.1) is 10.1 Å². The van der Waals surface area contributed by atoms with Crippen molar-refractivity contribution >= 4 is 29.3 Å². The van der Waals surface area contributed by atoms with Crippen molar-refractivity contribution in [2.24, 2.45) is 4.99 Å². The van der Waals surface area contributed by atoms with Crippen molar-refractivity contribution in [3.63, 3.8) is 0 Å². The van der Waals surface area contributed by atoms with Crippen LogP contribution < -0.4 is 24.4 Å². The van der Waals surface area contributed by atoms with Gasteiger partial charge in [0.25, 0.3) is 5.56 Å². The summed E-state index contributed by atoms with van der Waals surface area (Å²) in [6, 6.07) is 6.85. The SMILES string of the molecule is CCCC1=C(C(=O)OCC)C(c2cc(OC)ccc2OC)n2c(sc(=Cc3ccc([N+](=O)[O-])o3)c2=O)=N1. The van der Waals surface area contributed by atoms with Crippen molar-refractivity contribution in [3.05, 3.63) is 82.7 Å². The number of hydrogen-bond acceptors (Lipinski definition) is 10. The number of aromatic nitrogens is 1. The summed E-state index contributed by atoms with van der Waals surface area (Å²) < 4.78 is 23.3. The van der Waals surface area contributed by atoms with E-state index in [9.17, 15) is 19.7 Å². The predicted molar refractivity (Wildman–Crippen MR) is 135 cm³/mol. The lowest BCUT2D eigenvalue weighted by atomic mass is 9.93. The number of esters is 1. The molecular formula is C25H25N3O8S. The molecule has 3 heterocycles. The summed E-state index contributed by atoms with van der Waals surface area (Å²) in [6.07, 6.45) is 2.60. The Hall–Kier alpha value is -4.19. The smallest absolute Gasteiger partial charge is 0.433 e. The predicted octanol–water partition coefficient (Wildman–Crippen LogP) is 3.10. The number of allylic oxidation sites excluding steroid dienone is 1. The molecule has 11 nitrogen and oxygen atoms in total. The lowest BCUT2D eigenvalue weighted by molar-refractivity contribution is -0.402. The van der Waals surface area contributed by atoms with Gasteiger partial charge in [-0.1, -0.05) is 24.7 Å². The highest BCUT2D eigenvalue weighted by atomic mass is 32.1. The number of thiazole rings is 1. The highest BCUT2D eigenvalue weighted by molar-refractivity contribution is 7.07. The Bertz CT molecular complexity index is 1560. The Balaban J connectivity index is 2.03. The summed E-state index contributed by atoms with van der Waals surface area (Å²) in [5.74, 6) is 0.0823. The van der Waals surface area contributed by atoms with E-state index in [4.69, 9.17) is 18.6 Å². The molecule has 0 bridgehead atoms. The van der Waals surface area contributed by atoms with E-state index in [0.717, 1.165) is 11.3 Å². The molecule has 3 aromatic rings. The van der Waals surface area contributed by atoms with Crippen molar-refractivity contribution in [3.8, 4) is 11.5 Å². The molecule has 1 aliphatic rings. The first-order chi connectivity index (χ1) is 17.8. The van der Waals surface area contributed by atoms with Crippen LogP contribution in [0.5, 0.6) is 11.5 Å². The molecule has 1 aliphatic heterocycles. The average Bonchev–Trinajstić information content (AvgIpc) is 3.48. The van der Waals surface area contributed by atoms with Gasteiger partial charge in [0.1, 0.15) is 28.2 Å². The van der Waals surface area contributed by atoms with Crippen LogP contribution in [0.2, 0.25) is 0 Å². The highest BCUT2D eigenvalue weighted by Crippen LogP contribution is 2.38. The highest BCUT2D eigenvalue weighted by Gasteiger charge is 2.36. The number of rotatable bonds is 9. The van der Waals surface area contributed by atoms with E-state index in [2.05, 4.69) is 4.99 Å². The largest absolute Gasteiger partial charge is 0.497 e. The molecule has 0 N–H and O–H groups in total. The first kappa shape index (κ1) is 25.9. The maximum Gasteiger partial charge on any atom is 0.433 e. The minimum Gasteiger partial charge on any atom is -0.497 e. The van der Waals surface area contributed by atoms with Gasteiger partial charge < -0.3 is 18.6 Å². The molecule has 0 amide bonds. The number of ether oxygens (including phenoxy) is 3. The number of carbonyl (C=O) groups is 1. The second-order valence-corrected chi connectivity index (χ2v) is 8.96. The van der Waals surface area contributed by atoms with Gasteiger partial charge in [0.15, 0.2) is 4.80 Å². The maximum atomic E-state index is 13.7. The van der Waals surface area contributed by atoms with Crippen LogP contribution in [0.25, 0.3) is 6.08 Å². The Labute approximate surface area is 215 Å². The van der Waals surface area contributed by atoms with Crippen molar-refractivity contribution < 1.29 is 28.3 Å². The molecule has 2 aromatic heterocycles. The van der Waals surface area contributed by atoms with E-state index in [0.29, 0.717) is 40.4 Å². The lowest BCUT2D eigenvalue weighted by Crippen LogP contribution is -2.40. The number of carbonyl (C=O) groups excluding carboxylic acids is 1. The average molecular weight is 528 g/mol. The number of nitrogens with zero attached hydrogens (tertiary/aromatic N) is 3. The van der Waals surface area contributed by atoms with Gasteiger partial charge in [-0.2, -0.15) is 0 Å². The summed E-state index contributed by atoms with van der Waals surface area (Å²) in [7, 11) is 3.02. The van der Waals surface area contributed by atoms with Crippen LogP contribution >= 0.6 is 11.3 Å². The van der Waals surface area contributed by atoms with E-state index in [1.807, 2.05) is 6.92 Å². The van der Waals surface area contributed by atoms with Crippen LogP contribution in [0.1, 0.15) is 44.1 Å². The van der Waals surface area contributed by atoms with Crippen molar-refractivity contribution in [1.29, 1.82) is 0 Å². The monoisotopic (exact) mass is 527 g/mol. The van der Waals surface area contributed by atoms with Gasteiger partial charge in [-0.05, 0) is 37.6 Å². The summed E-state index contributed by atoms with van der Waals surface area (Å²) >= 11 is 1.09. The Morgan fingerprint density at radius 2 is 2.03 bits per heavy atom. The minimum atomic E-state index is -0.907. The molecule has 1 atom stereocenters. The van der Waals surface area contributed by atoms with E-state index in [-0.39, 0.29) is 22.5 Å². The number of hydrogen-bond donors (Lipinski definition) is 0. The fourth-order valence-corrected chi connectivity index (χ4v) is 5.12. The first-order valence-electron chi connectivity index (χ1n) is 11.5. The summed E-state index contributed by atoms with van der Waals surface area (Å²) in [5, 5.41) is 11.0. The number of methoxy groups -OCH3 is 2. The van der Waals surface area contributed by atoms with E-state index in [1.54, 1.807) is 25.1 Å². The number of furan rings is 1. The molecule has 4 rings (SSSR count). The van der Waals surface area contributed by atoms with E-state index < -0.39 is 28.4 Å². The van der Waals surface area contributed by atoms with Crippen LogP contribution in [-0.4, -0.2) is 36.3 Å². The summed E-state index contributed by atoms with van der Waals surface area (Å²) in [6.45, 7) is 3.81. The molecule has 0 aliphatic carbocycles. The number of benzene rings is 1. The van der Waals surface area contributed by atoms with Crippen molar-refractivity contribution in [1.82, 2.24) is 4.57 Å². The van der Waals surface area contributed by atoms with Crippen molar-refractivity contribution in [2.75, 3.05) is 20.8 Å². The Morgan fingerprint density at radius 1 is 1.24 bits per heavy atom. The second-order valence-electron chi connectivity index (χ2n) is 7.95. The number of fused-ring (bicyclic) bond motifs is 1. The maximum absolute atomic E-state index is 13.7. The van der Waals surface area contributed by atoms with E-state index in [1.165, 1.54) is 37.0 Å². The lowest BCUT2D eigenvalue weighted by Gasteiger charge is -2.27. The zero-order valence-electron chi connectivity index (χ0n) is 20.7. The molecule has 194 valence electrons.